The molecule has 0 amide bonds. The molecule has 0 aliphatic heterocycles. The first kappa shape index (κ1) is 17.6. The first-order valence-electron chi connectivity index (χ1n) is 8.10. The molecule has 3 heterocycles. The summed E-state index contributed by atoms with van der Waals surface area (Å²) in [7, 11) is 5.48. The summed E-state index contributed by atoms with van der Waals surface area (Å²) in [6.45, 7) is 0. The van der Waals surface area contributed by atoms with Gasteiger partial charge in [-0.25, -0.2) is 15.0 Å². The van der Waals surface area contributed by atoms with Gasteiger partial charge in [-0.15, -0.1) is 11.3 Å². The zero-order valence-corrected chi connectivity index (χ0v) is 16.5. The van der Waals surface area contributed by atoms with Crippen LogP contribution in [0, 0.1) is 0 Å². The summed E-state index contributed by atoms with van der Waals surface area (Å²) in [5, 5.41) is 2.36. The molecule has 27 heavy (non-hydrogen) atoms. The molecule has 4 aromatic rings. The molecule has 0 spiro atoms. The lowest BCUT2D eigenvalue weighted by atomic mass is 10.1. The third kappa shape index (κ3) is 2.87. The van der Waals surface area contributed by atoms with Crippen molar-refractivity contribution in [3.63, 3.8) is 0 Å². The quantitative estimate of drug-likeness (QED) is 0.524. The van der Waals surface area contributed by atoms with Gasteiger partial charge in [0.25, 0.3) is 0 Å². The van der Waals surface area contributed by atoms with Crippen molar-refractivity contribution in [2.75, 3.05) is 31.8 Å². The fraction of sp³-hybridized carbons (Fsp3) is 0.167. The summed E-state index contributed by atoms with van der Waals surface area (Å²) in [6.07, 6.45) is 3.62. The van der Waals surface area contributed by atoms with Crippen LogP contribution in [-0.2, 0) is 0 Å². The largest absolute Gasteiger partial charge is 0.494 e. The molecule has 0 saturated carbocycles. The zero-order valence-electron chi connectivity index (χ0n) is 15.0. The molecular formula is C18H17ClN6OS. The van der Waals surface area contributed by atoms with E-state index in [1.54, 1.807) is 13.3 Å². The van der Waals surface area contributed by atoms with E-state index in [1.165, 1.54) is 11.3 Å². The van der Waals surface area contributed by atoms with Gasteiger partial charge >= 0.3 is 0 Å². The van der Waals surface area contributed by atoms with E-state index in [-0.39, 0.29) is 0 Å². The summed E-state index contributed by atoms with van der Waals surface area (Å²) in [5.41, 5.74) is 9.67. The smallest absolute Gasteiger partial charge is 0.195 e. The Labute approximate surface area is 165 Å². The highest BCUT2D eigenvalue weighted by molar-refractivity contribution is 7.15. The molecule has 0 saturated heterocycles. The number of anilines is 2. The fourth-order valence-corrected chi connectivity index (χ4v) is 4.03. The van der Waals surface area contributed by atoms with Crippen molar-refractivity contribution >= 4 is 39.3 Å². The third-order valence-electron chi connectivity index (χ3n) is 4.19. The highest BCUT2D eigenvalue weighted by atomic mass is 35.5. The molecule has 7 nitrogen and oxygen atoms in total. The molecule has 0 radical (unpaired) electrons. The van der Waals surface area contributed by atoms with E-state index in [2.05, 4.69) is 9.97 Å². The molecule has 2 N–H and O–H groups in total. The molecule has 3 aromatic heterocycles. The molecule has 0 unspecified atom stereocenters. The molecule has 0 aliphatic rings. The second-order valence-corrected chi connectivity index (χ2v) is 7.28. The summed E-state index contributed by atoms with van der Waals surface area (Å²) >= 11 is 7.88. The second kappa shape index (κ2) is 6.71. The minimum absolute atomic E-state index is 0.402. The maximum absolute atomic E-state index is 6.37. The second-order valence-electron chi connectivity index (χ2n) is 6.05. The van der Waals surface area contributed by atoms with Crippen molar-refractivity contribution < 1.29 is 4.74 Å². The van der Waals surface area contributed by atoms with Crippen molar-refractivity contribution in [2.24, 2.45) is 0 Å². The van der Waals surface area contributed by atoms with Gasteiger partial charge in [0.1, 0.15) is 5.69 Å². The number of hydrogen-bond donors (Lipinski definition) is 1. The summed E-state index contributed by atoms with van der Waals surface area (Å²) in [5.74, 6) is 1.04. The van der Waals surface area contributed by atoms with Crippen molar-refractivity contribution in [1.82, 2.24) is 19.4 Å². The van der Waals surface area contributed by atoms with Gasteiger partial charge in [-0.05, 0) is 18.2 Å². The number of imidazole rings is 1. The predicted octanol–water partition coefficient (Wildman–Crippen LogP) is 3.83. The average Bonchev–Trinajstić information content (AvgIpc) is 3.21. The van der Waals surface area contributed by atoms with Gasteiger partial charge in [0.15, 0.2) is 21.7 Å². The van der Waals surface area contributed by atoms with Crippen LogP contribution in [0.5, 0.6) is 5.75 Å². The van der Waals surface area contributed by atoms with Crippen molar-refractivity contribution in [2.45, 2.75) is 0 Å². The monoisotopic (exact) mass is 400 g/mol. The van der Waals surface area contributed by atoms with Crippen LogP contribution in [0.25, 0.3) is 27.7 Å². The van der Waals surface area contributed by atoms with Gasteiger partial charge in [0, 0.05) is 31.9 Å². The summed E-state index contributed by atoms with van der Waals surface area (Å²) < 4.78 is 7.48. The van der Waals surface area contributed by atoms with Crippen LogP contribution in [0.2, 0.25) is 5.15 Å². The van der Waals surface area contributed by atoms with Crippen LogP contribution in [0.1, 0.15) is 0 Å². The minimum Gasteiger partial charge on any atom is -0.494 e. The van der Waals surface area contributed by atoms with Crippen LogP contribution < -0.4 is 15.4 Å². The number of fused-ring (bicyclic) bond motifs is 1. The number of ether oxygens (including phenoxy) is 1. The maximum Gasteiger partial charge on any atom is 0.195 e. The van der Waals surface area contributed by atoms with Crippen molar-refractivity contribution in [1.29, 1.82) is 0 Å². The van der Waals surface area contributed by atoms with E-state index in [9.17, 15) is 0 Å². The lowest BCUT2D eigenvalue weighted by Crippen LogP contribution is -2.12. The maximum atomic E-state index is 6.37. The fourth-order valence-electron chi connectivity index (χ4n) is 3.00. The van der Waals surface area contributed by atoms with E-state index in [4.69, 9.17) is 27.1 Å². The lowest BCUT2D eigenvalue weighted by molar-refractivity contribution is 0.418. The van der Waals surface area contributed by atoms with Gasteiger partial charge in [-0.1, -0.05) is 11.6 Å². The van der Waals surface area contributed by atoms with E-state index in [1.807, 2.05) is 53.2 Å². The number of thiazole rings is 1. The number of hydrogen-bond acceptors (Lipinski definition) is 7. The highest BCUT2D eigenvalue weighted by Gasteiger charge is 2.21. The Morgan fingerprint density at radius 1 is 1.22 bits per heavy atom. The Bertz CT molecular complexity index is 1140. The molecule has 1 aromatic carbocycles. The molecule has 9 heteroatoms. The Hall–Kier alpha value is -2.84. The molecule has 0 fully saturated rings. The van der Waals surface area contributed by atoms with E-state index in [0.29, 0.717) is 28.1 Å². The Kier molecular flexibility index (Phi) is 4.37. The van der Waals surface area contributed by atoms with Gasteiger partial charge in [0.05, 0.1) is 29.7 Å². The molecule has 0 bridgehead atoms. The van der Waals surface area contributed by atoms with Crippen LogP contribution in [0.3, 0.4) is 0 Å². The topological polar surface area (TPSA) is 81.6 Å². The van der Waals surface area contributed by atoms with Crippen LogP contribution >= 0.6 is 22.9 Å². The van der Waals surface area contributed by atoms with Crippen LogP contribution in [0.15, 0.2) is 36.0 Å². The Balaban J connectivity index is 1.96. The number of aromatic nitrogens is 4. The number of benzene rings is 1. The standard InChI is InChI=1S/C18H17ClN6OS/c1-24(2)12-5-4-10(20)15(26-3)13(12)17-21-7-6-11(22-17)14-16(19)23-18-25(14)8-9-27-18/h4-9H,20H2,1-3H3. The predicted molar refractivity (Wildman–Crippen MR) is 110 cm³/mol. The van der Waals surface area contributed by atoms with E-state index >= 15 is 0 Å². The van der Waals surface area contributed by atoms with E-state index < -0.39 is 0 Å². The first-order chi connectivity index (χ1) is 13.0. The molecule has 4 rings (SSSR count). The minimum atomic E-state index is 0.402. The van der Waals surface area contributed by atoms with Crippen molar-refractivity contribution in [3.05, 3.63) is 41.1 Å². The van der Waals surface area contributed by atoms with Gasteiger partial charge in [-0.3, -0.25) is 4.40 Å². The van der Waals surface area contributed by atoms with Gasteiger partial charge in [-0.2, -0.15) is 0 Å². The highest BCUT2D eigenvalue weighted by Crippen LogP contribution is 2.41. The zero-order chi connectivity index (χ0) is 19.1. The van der Waals surface area contributed by atoms with Gasteiger partial charge < -0.3 is 15.4 Å². The molecule has 138 valence electrons. The summed E-state index contributed by atoms with van der Waals surface area (Å²) in [4.78, 5) is 16.4. The normalized spacial score (nSPS) is 11.1. The number of nitrogen functional groups attached to an aromatic ring is 1. The first-order valence-corrected chi connectivity index (χ1v) is 9.35. The Morgan fingerprint density at radius 3 is 2.78 bits per heavy atom. The number of halogens is 1. The lowest BCUT2D eigenvalue weighted by Gasteiger charge is -2.20. The number of nitrogens with two attached hydrogens (primary N) is 1. The third-order valence-corrected chi connectivity index (χ3v) is 5.21. The molecule has 0 aliphatic carbocycles. The van der Waals surface area contributed by atoms with Crippen molar-refractivity contribution in [3.8, 4) is 28.5 Å². The number of nitrogens with zero attached hydrogens (tertiary/aromatic N) is 5. The molecule has 0 atom stereocenters. The average molecular weight is 401 g/mol. The number of methoxy groups -OCH3 is 1. The Morgan fingerprint density at radius 2 is 2.04 bits per heavy atom. The van der Waals surface area contributed by atoms with Gasteiger partial charge in [0.2, 0.25) is 0 Å². The summed E-state index contributed by atoms with van der Waals surface area (Å²) in [6, 6.07) is 5.54. The van der Waals surface area contributed by atoms with E-state index in [0.717, 1.165) is 21.9 Å². The SMILES string of the molecule is COc1c(N)ccc(N(C)C)c1-c1nccc(-c2c(Cl)nc3sccn23)n1. The van der Waals surface area contributed by atoms with Crippen LogP contribution in [-0.4, -0.2) is 40.6 Å². The van der Waals surface area contributed by atoms with Crippen LogP contribution in [0.4, 0.5) is 11.4 Å². The molecular weight excluding hydrogens is 384 g/mol. The number of rotatable bonds is 4.